The molecule has 4 nitrogen and oxygen atoms in total. The quantitative estimate of drug-likeness (QED) is 0.634. The molecule has 0 atom stereocenters. The van der Waals surface area contributed by atoms with Crippen molar-refractivity contribution in [1.29, 1.82) is 0 Å². The molecule has 0 amide bonds. The number of aromatic nitrogens is 2. The highest BCUT2D eigenvalue weighted by Crippen LogP contribution is 2.17. The molecule has 0 N–H and O–H groups in total. The van der Waals surface area contributed by atoms with E-state index in [4.69, 9.17) is 0 Å². The first kappa shape index (κ1) is 13.9. The van der Waals surface area contributed by atoms with Crippen molar-refractivity contribution >= 4 is 12.0 Å². The summed E-state index contributed by atoms with van der Waals surface area (Å²) in [6.07, 6.45) is 4.43. The van der Waals surface area contributed by atoms with E-state index in [9.17, 15) is 9.18 Å². The normalized spacial score (nSPS) is 11.2. The molecule has 20 heavy (non-hydrogen) atoms. The van der Waals surface area contributed by atoms with Gasteiger partial charge in [-0.2, -0.15) is 4.39 Å². The van der Waals surface area contributed by atoms with Gasteiger partial charge < -0.3 is 4.74 Å². The molecule has 2 rings (SSSR count). The number of ether oxygens (including phenoxy) is 1. The molecule has 0 aliphatic carbocycles. The predicted molar refractivity (Wildman–Crippen MR) is 73.2 cm³/mol. The smallest absolute Gasteiger partial charge is 0.367 e. The van der Waals surface area contributed by atoms with Gasteiger partial charge in [0.2, 0.25) is 5.83 Å². The molecule has 0 saturated carbocycles. The molecule has 0 radical (unpaired) electrons. The van der Waals surface area contributed by atoms with Crippen LogP contribution in [0.5, 0.6) is 0 Å². The third kappa shape index (κ3) is 3.47. The summed E-state index contributed by atoms with van der Waals surface area (Å²) in [5.41, 5.74) is 1.38. The molecular weight excluding hydrogens is 259 g/mol. The van der Waals surface area contributed by atoms with Crippen LogP contribution in [0.4, 0.5) is 4.39 Å². The first-order valence-electron chi connectivity index (χ1n) is 6.12. The van der Waals surface area contributed by atoms with Crippen LogP contribution in [0, 0.1) is 0 Å². The van der Waals surface area contributed by atoms with Crippen molar-refractivity contribution in [3.63, 3.8) is 0 Å². The third-order valence-corrected chi connectivity index (χ3v) is 2.50. The Morgan fingerprint density at radius 3 is 2.50 bits per heavy atom. The summed E-state index contributed by atoms with van der Waals surface area (Å²) in [6.45, 7) is 1.77. The molecule has 5 heteroatoms. The summed E-state index contributed by atoms with van der Waals surface area (Å²) in [5, 5.41) is 0. The molecule has 0 aliphatic rings. The van der Waals surface area contributed by atoms with Crippen LogP contribution in [0.2, 0.25) is 0 Å². The van der Waals surface area contributed by atoms with E-state index in [1.165, 1.54) is 0 Å². The van der Waals surface area contributed by atoms with E-state index in [0.717, 1.165) is 11.6 Å². The van der Waals surface area contributed by atoms with Crippen LogP contribution in [0.25, 0.3) is 17.5 Å². The van der Waals surface area contributed by atoms with Crippen LogP contribution in [-0.2, 0) is 9.53 Å². The third-order valence-electron chi connectivity index (χ3n) is 2.50. The molecule has 0 fully saturated rings. The SMILES string of the molecule is CCOC(=O)/C(F)=C/c1ccc(-c2ncccn2)cc1. The standard InChI is InChI=1S/C15H13FN2O2/c1-2-20-15(19)13(16)10-11-4-6-12(7-5-11)14-17-8-3-9-18-14/h3-10H,2H2,1H3/b13-10-. The molecule has 102 valence electrons. The Morgan fingerprint density at radius 1 is 1.25 bits per heavy atom. The second-order valence-electron chi connectivity index (χ2n) is 3.91. The summed E-state index contributed by atoms with van der Waals surface area (Å²) in [5.74, 6) is -1.28. The zero-order valence-electron chi connectivity index (χ0n) is 10.9. The Hall–Kier alpha value is -2.56. The van der Waals surface area contributed by atoms with Crippen molar-refractivity contribution in [2.75, 3.05) is 6.61 Å². The fraction of sp³-hybridized carbons (Fsp3) is 0.133. The molecule has 0 bridgehead atoms. The summed E-state index contributed by atoms with van der Waals surface area (Å²) < 4.78 is 18.0. The minimum Gasteiger partial charge on any atom is -0.461 e. The molecule has 1 aromatic heterocycles. The van der Waals surface area contributed by atoms with Crippen LogP contribution in [0.3, 0.4) is 0 Å². The Kier molecular flexibility index (Phi) is 4.55. The topological polar surface area (TPSA) is 52.1 Å². The number of benzene rings is 1. The minimum atomic E-state index is -0.956. The predicted octanol–water partition coefficient (Wildman–Crippen LogP) is 3.02. The number of rotatable bonds is 4. The highest BCUT2D eigenvalue weighted by Gasteiger charge is 2.09. The van der Waals surface area contributed by atoms with Gasteiger partial charge in [0.15, 0.2) is 5.82 Å². The van der Waals surface area contributed by atoms with E-state index in [2.05, 4.69) is 14.7 Å². The van der Waals surface area contributed by atoms with E-state index in [-0.39, 0.29) is 6.61 Å². The molecular formula is C15H13FN2O2. The summed E-state index contributed by atoms with van der Waals surface area (Å²) in [6, 6.07) is 8.63. The number of halogens is 1. The Morgan fingerprint density at radius 2 is 1.90 bits per heavy atom. The van der Waals surface area contributed by atoms with Gasteiger partial charge in [-0.05, 0) is 24.6 Å². The molecule has 0 aliphatic heterocycles. The maximum atomic E-state index is 13.5. The van der Waals surface area contributed by atoms with Crippen LogP contribution in [0.1, 0.15) is 12.5 Å². The Labute approximate surface area is 116 Å². The van der Waals surface area contributed by atoms with Gasteiger partial charge in [0.05, 0.1) is 6.61 Å². The van der Waals surface area contributed by atoms with Crippen molar-refractivity contribution in [2.45, 2.75) is 6.92 Å². The maximum Gasteiger partial charge on any atom is 0.367 e. The van der Waals surface area contributed by atoms with E-state index in [1.54, 1.807) is 49.6 Å². The minimum absolute atomic E-state index is 0.143. The van der Waals surface area contributed by atoms with Crippen LogP contribution in [-0.4, -0.2) is 22.5 Å². The molecule has 0 spiro atoms. The summed E-state index contributed by atoms with van der Waals surface area (Å²) in [4.78, 5) is 19.4. The monoisotopic (exact) mass is 272 g/mol. The van der Waals surface area contributed by atoms with E-state index in [0.29, 0.717) is 11.4 Å². The second-order valence-corrected chi connectivity index (χ2v) is 3.91. The van der Waals surface area contributed by atoms with E-state index < -0.39 is 11.8 Å². The van der Waals surface area contributed by atoms with Crippen molar-refractivity contribution in [1.82, 2.24) is 9.97 Å². The number of carbonyl (C=O) groups is 1. The zero-order valence-corrected chi connectivity index (χ0v) is 10.9. The van der Waals surface area contributed by atoms with Crippen molar-refractivity contribution in [2.24, 2.45) is 0 Å². The van der Waals surface area contributed by atoms with Crippen molar-refractivity contribution < 1.29 is 13.9 Å². The maximum absolute atomic E-state index is 13.5. The Bertz CT molecular complexity index is 610. The van der Waals surface area contributed by atoms with Crippen molar-refractivity contribution in [3.8, 4) is 11.4 Å². The van der Waals surface area contributed by atoms with Gasteiger partial charge in [0, 0.05) is 18.0 Å². The zero-order chi connectivity index (χ0) is 14.4. The first-order valence-corrected chi connectivity index (χ1v) is 6.12. The van der Waals surface area contributed by atoms with Gasteiger partial charge >= 0.3 is 5.97 Å². The fourth-order valence-electron chi connectivity index (χ4n) is 1.58. The van der Waals surface area contributed by atoms with E-state index >= 15 is 0 Å². The molecule has 2 aromatic rings. The lowest BCUT2D eigenvalue weighted by atomic mass is 10.1. The number of carbonyl (C=O) groups excluding carboxylic acids is 1. The molecule has 1 aromatic carbocycles. The average Bonchev–Trinajstić information content (AvgIpc) is 2.49. The molecule has 1 heterocycles. The largest absolute Gasteiger partial charge is 0.461 e. The van der Waals surface area contributed by atoms with Gasteiger partial charge in [-0.3, -0.25) is 0 Å². The highest BCUT2D eigenvalue weighted by atomic mass is 19.1. The van der Waals surface area contributed by atoms with Gasteiger partial charge in [-0.1, -0.05) is 24.3 Å². The lowest BCUT2D eigenvalue weighted by Gasteiger charge is -2.01. The molecule has 0 unspecified atom stereocenters. The van der Waals surface area contributed by atoms with Gasteiger partial charge in [-0.25, -0.2) is 14.8 Å². The lowest BCUT2D eigenvalue weighted by Crippen LogP contribution is -2.03. The molecule has 0 saturated heterocycles. The lowest BCUT2D eigenvalue weighted by molar-refractivity contribution is -0.140. The summed E-state index contributed by atoms with van der Waals surface area (Å²) >= 11 is 0. The van der Waals surface area contributed by atoms with Crippen LogP contribution < -0.4 is 0 Å². The van der Waals surface area contributed by atoms with Crippen LogP contribution >= 0.6 is 0 Å². The van der Waals surface area contributed by atoms with Crippen molar-refractivity contribution in [3.05, 3.63) is 54.1 Å². The van der Waals surface area contributed by atoms with Crippen LogP contribution in [0.15, 0.2) is 48.6 Å². The van der Waals surface area contributed by atoms with Gasteiger partial charge in [-0.15, -0.1) is 0 Å². The number of esters is 1. The first-order chi connectivity index (χ1) is 9.70. The number of hydrogen-bond acceptors (Lipinski definition) is 4. The fourth-order valence-corrected chi connectivity index (χ4v) is 1.58. The van der Waals surface area contributed by atoms with Gasteiger partial charge in [0.1, 0.15) is 0 Å². The summed E-state index contributed by atoms with van der Waals surface area (Å²) in [7, 11) is 0. The second kappa shape index (κ2) is 6.56. The van der Waals surface area contributed by atoms with Gasteiger partial charge in [0.25, 0.3) is 0 Å². The Balaban J connectivity index is 2.17. The van der Waals surface area contributed by atoms with E-state index in [1.807, 2.05) is 0 Å². The highest BCUT2D eigenvalue weighted by molar-refractivity contribution is 5.91. The average molecular weight is 272 g/mol. The number of nitrogens with zero attached hydrogens (tertiary/aromatic N) is 2. The number of hydrogen-bond donors (Lipinski definition) is 0.